The number of hydrogen-bond acceptors (Lipinski definition) is 3. The number of hydrogen-bond donors (Lipinski definition) is 1. The van der Waals surface area contributed by atoms with Crippen LogP contribution in [0, 0.1) is 11.3 Å². The highest BCUT2D eigenvalue weighted by molar-refractivity contribution is 14.1. The lowest BCUT2D eigenvalue weighted by Gasteiger charge is -2.06. The average molecular weight is 350 g/mol. The summed E-state index contributed by atoms with van der Waals surface area (Å²) in [6.07, 6.45) is 0.772. The molecular weight excluding hydrogens is 339 g/mol. The van der Waals surface area contributed by atoms with Gasteiger partial charge in [-0.15, -0.1) is 0 Å². The van der Waals surface area contributed by atoms with Crippen molar-refractivity contribution >= 4 is 32.6 Å². The van der Waals surface area contributed by atoms with Gasteiger partial charge in [-0.1, -0.05) is 34.7 Å². The van der Waals surface area contributed by atoms with Crippen molar-refractivity contribution in [2.75, 3.05) is 11.0 Å². The lowest BCUT2D eigenvalue weighted by atomic mass is 10.2. The molecular formula is C10H11IN2O2S. The first kappa shape index (κ1) is 13.4. The quantitative estimate of drug-likeness (QED) is 0.499. The normalized spacial score (nSPS) is 11.0. The van der Waals surface area contributed by atoms with Crippen LogP contribution in [-0.2, 0) is 10.0 Å². The molecule has 0 aromatic heterocycles. The average Bonchev–Trinajstić information content (AvgIpc) is 2.29. The summed E-state index contributed by atoms with van der Waals surface area (Å²) in [6, 6.07) is 8.05. The molecule has 16 heavy (non-hydrogen) atoms. The number of alkyl halides is 1. The van der Waals surface area contributed by atoms with E-state index >= 15 is 0 Å². The summed E-state index contributed by atoms with van der Waals surface area (Å²) in [5.74, 6) is 0. The summed E-state index contributed by atoms with van der Waals surface area (Å²) in [7, 11) is -3.55. The molecule has 0 unspecified atom stereocenters. The van der Waals surface area contributed by atoms with E-state index in [2.05, 4.69) is 27.3 Å². The van der Waals surface area contributed by atoms with Crippen LogP contribution in [0.25, 0.3) is 0 Å². The zero-order valence-electron chi connectivity index (χ0n) is 8.48. The predicted molar refractivity (Wildman–Crippen MR) is 69.8 cm³/mol. The highest BCUT2D eigenvalue weighted by atomic mass is 127. The van der Waals surface area contributed by atoms with E-state index in [1.807, 2.05) is 6.07 Å². The molecule has 0 aliphatic rings. The Morgan fingerprint density at radius 3 is 2.69 bits per heavy atom. The molecule has 0 radical (unpaired) electrons. The second kappa shape index (κ2) is 6.18. The Morgan fingerprint density at radius 2 is 2.06 bits per heavy atom. The van der Waals surface area contributed by atoms with Gasteiger partial charge in [-0.3, -0.25) is 0 Å². The van der Waals surface area contributed by atoms with Crippen molar-refractivity contribution in [3.8, 4) is 6.07 Å². The molecule has 1 aromatic rings. The molecule has 6 heteroatoms. The third-order valence-electron chi connectivity index (χ3n) is 1.90. The molecule has 0 heterocycles. The lowest BCUT2D eigenvalue weighted by molar-refractivity contribution is 0.581. The summed E-state index contributed by atoms with van der Waals surface area (Å²) >= 11 is 2.18. The third kappa shape index (κ3) is 3.43. The number of nitrogens with zero attached hydrogens (tertiary/aromatic N) is 1. The number of nitrogens with one attached hydrogen (secondary N) is 1. The minimum atomic E-state index is -3.55. The highest BCUT2D eigenvalue weighted by Crippen LogP contribution is 2.13. The van der Waals surface area contributed by atoms with E-state index in [-0.39, 0.29) is 10.5 Å². The minimum Gasteiger partial charge on any atom is -0.211 e. The van der Waals surface area contributed by atoms with Gasteiger partial charge in [-0.2, -0.15) is 5.26 Å². The molecule has 1 N–H and O–H groups in total. The molecule has 4 nitrogen and oxygen atoms in total. The van der Waals surface area contributed by atoms with Gasteiger partial charge < -0.3 is 0 Å². The Hall–Kier alpha value is -0.650. The zero-order valence-corrected chi connectivity index (χ0v) is 11.5. The molecule has 0 saturated carbocycles. The molecule has 0 fully saturated rings. The van der Waals surface area contributed by atoms with Gasteiger partial charge in [0.05, 0.1) is 10.5 Å². The van der Waals surface area contributed by atoms with Gasteiger partial charge in [0.15, 0.2) is 0 Å². The van der Waals surface area contributed by atoms with Crippen LogP contribution >= 0.6 is 22.6 Å². The van der Waals surface area contributed by atoms with Crippen LogP contribution in [-0.4, -0.2) is 19.4 Å². The van der Waals surface area contributed by atoms with E-state index < -0.39 is 10.0 Å². The van der Waals surface area contributed by atoms with Gasteiger partial charge in [-0.05, 0) is 18.6 Å². The van der Waals surface area contributed by atoms with Gasteiger partial charge in [-0.25, -0.2) is 13.1 Å². The number of sulfonamides is 1. The van der Waals surface area contributed by atoms with Crippen LogP contribution in [0.1, 0.15) is 12.0 Å². The fraction of sp³-hybridized carbons (Fsp3) is 0.300. The first-order chi connectivity index (χ1) is 7.61. The summed E-state index contributed by atoms with van der Waals surface area (Å²) in [4.78, 5) is 0.0472. The largest absolute Gasteiger partial charge is 0.241 e. The fourth-order valence-electron chi connectivity index (χ4n) is 1.14. The van der Waals surface area contributed by atoms with Gasteiger partial charge in [0.2, 0.25) is 10.0 Å². The summed E-state index contributed by atoms with van der Waals surface area (Å²) in [5.41, 5.74) is 0.171. The Bertz CT molecular complexity index is 494. The highest BCUT2D eigenvalue weighted by Gasteiger charge is 2.16. The Labute approximate surface area is 109 Å². The Balaban J connectivity index is 2.95. The third-order valence-corrected chi connectivity index (χ3v) is 4.18. The van der Waals surface area contributed by atoms with Crippen LogP contribution in [0.4, 0.5) is 0 Å². The maximum atomic E-state index is 11.8. The minimum absolute atomic E-state index is 0.0472. The van der Waals surface area contributed by atoms with Crippen molar-refractivity contribution in [3.05, 3.63) is 29.8 Å². The van der Waals surface area contributed by atoms with Crippen molar-refractivity contribution in [1.29, 1.82) is 5.26 Å². The number of rotatable bonds is 5. The Kier molecular flexibility index (Phi) is 5.18. The standard InChI is InChI=1S/C10H11IN2O2S/c11-6-3-7-13-16(14,15)10-5-2-1-4-9(10)8-12/h1-2,4-5,13H,3,6-7H2. The van der Waals surface area contributed by atoms with E-state index in [0.717, 1.165) is 10.8 Å². The second-order valence-corrected chi connectivity index (χ2v) is 5.86. The second-order valence-electron chi connectivity index (χ2n) is 3.05. The van der Waals surface area contributed by atoms with Crippen molar-refractivity contribution in [2.24, 2.45) is 0 Å². The molecule has 0 atom stereocenters. The summed E-state index contributed by atoms with van der Waals surface area (Å²) in [5, 5.41) is 8.81. The number of nitriles is 1. The molecule has 0 aliphatic carbocycles. The predicted octanol–water partition coefficient (Wildman–Crippen LogP) is 1.66. The molecule has 1 aromatic carbocycles. The van der Waals surface area contributed by atoms with E-state index in [1.54, 1.807) is 12.1 Å². The van der Waals surface area contributed by atoms with Gasteiger partial charge >= 0.3 is 0 Å². The molecule has 86 valence electrons. The monoisotopic (exact) mass is 350 g/mol. The van der Waals surface area contributed by atoms with Crippen LogP contribution < -0.4 is 4.72 Å². The van der Waals surface area contributed by atoms with Gasteiger partial charge in [0.25, 0.3) is 0 Å². The first-order valence-electron chi connectivity index (χ1n) is 4.66. The molecule has 0 aliphatic heterocycles. The molecule has 0 amide bonds. The van der Waals surface area contributed by atoms with Gasteiger partial charge in [0, 0.05) is 11.0 Å². The lowest BCUT2D eigenvalue weighted by Crippen LogP contribution is -2.25. The maximum absolute atomic E-state index is 11.8. The number of halogens is 1. The topological polar surface area (TPSA) is 70.0 Å². The van der Waals surface area contributed by atoms with Crippen LogP contribution in [0.5, 0.6) is 0 Å². The van der Waals surface area contributed by atoms with E-state index in [0.29, 0.717) is 6.54 Å². The SMILES string of the molecule is N#Cc1ccccc1S(=O)(=O)NCCCI. The van der Waals surface area contributed by atoms with Crippen molar-refractivity contribution < 1.29 is 8.42 Å². The fourth-order valence-corrected chi connectivity index (χ4v) is 2.76. The van der Waals surface area contributed by atoms with Crippen LogP contribution in [0.15, 0.2) is 29.2 Å². The van der Waals surface area contributed by atoms with E-state index in [4.69, 9.17) is 5.26 Å². The maximum Gasteiger partial charge on any atom is 0.241 e. The van der Waals surface area contributed by atoms with Gasteiger partial charge in [0.1, 0.15) is 6.07 Å². The molecule has 1 rings (SSSR count). The molecule has 0 spiro atoms. The van der Waals surface area contributed by atoms with Crippen molar-refractivity contribution in [1.82, 2.24) is 4.72 Å². The molecule has 0 bridgehead atoms. The first-order valence-corrected chi connectivity index (χ1v) is 7.67. The van der Waals surface area contributed by atoms with Crippen molar-refractivity contribution in [3.63, 3.8) is 0 Å². The van der Waals surface area contributed by atoms with E-state index in [9.17, 15) is 8.42 Å². The van der Waals surface area contributed by atoms with Crippen LogP contribution in [0.2, 0.25) is 0 Å². The zero-order chi connectivity index (χ0) is 12.0. The summed E-state index contributed by atoms with van der Waals surface area (Å²) < 4.78 is 27.0. The Morgan fingerprint density at radius 1 is 1.38 bits per heavy atom. The number of benzene rings is 1. The summed E-state index contributed by atoms with van der Waals surface area (Å²) in [6.45, 7) is 0.394. The van der Waals surface area contributed by atoms with Crippen LogP contribution in [0.3, 0.4) is 0 Å². The van der Waals surface area contributed by atoms with Crippen molar-refractivity contribution in [2.45, 2.75) is 11.3 Å². The van der Waals surface area contributed by atoms with E-state index in [1.165, 1.54) is 12.1 Å². The smallest absolute Gasteiger partial charge is 0.211 e. The molecule has 0 saturated heterocycles.